The van der Waals surface area contributed by atoms with Crippen molar-refractivity contribution < 1.29 is 4.74 Å². The fourth-order valence-electron chi connectivity index (χ4n) is 2.98. The summed E-state index contributed by atoms with van der Waals surface area (Å²) < 4.78 is 6.18. The first-order valence-corrected chi connectivity index (χ1v) is 8.15. The van der Waals surface area contributed by atoms with Crippen LogP contribution in [0.1, 0.15) is 57.2 Å². The molecule has 112 valence electrons. The molecule has 2 atom stereocenters. The molecule has 0 spiro atoms. The maximum absolute atomic E-state index is 6.18. The molecule has 0 fully saturated rings. The predicted molar refractivity (Wildman–Crippen MR) is 85.0 cm³/mol. The maximum atomic E-state index is 6.18. The lowest BCUT2D eigenvalue weighted by atomic mass is 10.1. The highest BCUT2D eigenvalue weighted by Gasteiger charge is 2.32. The van der Waals surface area contributed by atoms with Crippen LogP contribution in [0.3, 0.4) is 0 Å². The number of hydrogen-bond donors (Lipinski definition) is 1. The highest BCUT2D eigenvalue weighted by molar-refractivity contribution is 5.36. The van der Waals surface area contributed by atoms with Crippen molar-refractivity contribution in [2.75, 3.05) is 13.2 Å². The number of rotatable bonds is 8. The molecule has 2 unspecified atom stereocenters. The Balaban J connectivity index is 1.91. The summed E-state index contributed by atoms with van der Waals surface area (Å²) in [5, 5.41) is 3.66. The molecule has 0 heterocycles. The first-order chi connectivity index (χ1) is 9.72. The molecule has 2 nitrogen and oxygen atoms in total. The summed E-state index contributed by atoms with van der Waals surface area (Å²) in [6.07, 6.45) is 4.96. The molecule has 20 heavy (non-hydrogen) atoms. The van der Waals surface area contributed by atoms with Gasteiger partial charge in [-0.15, -0.1) is 0 Å². The van der Waals surface area contributed by atoms with Gasteiger partial charge < -0.3 is 10.1 Å². The van der Waals surface area contributed by atoms with Gasteiger partial charge >= 0.3 is 0 Å². The minimum atomic E-state index is 0.311. The van der Waals surface area contributed by atoms with E-state index in [0.29, 0.717) is 12.1 Å². The van der Waals surface area contributed by atoms with Crippen LogP contribution in [0.25, 0.3) is 0 Å². The molecule has 0 saturated heterocycles. The summed E-state index contributed by atoms with van der Waals surface area (Å²) >= 11 is 0. The van der Waals surface area contributed by atoms with E-state index in [-0.39, 0.29) is 0 Å². The Bertz CT molecular complexity index is 402. The van der Waals surface area contributed by atoms with Gasteiger partial charge in [0.15, 0.2) is 0 Å². The largest absolute Gasteiger partial charge is 0.376 e. The van der Waals surface area contributed by atoms with Crippen molar-refractivity contribution in [1.82, 2.24) is 5.32 Å². The number of nitrogens with one attached hydrogen (secondary N) is 1. The number of ether oxygens (including phenoxy) is 1. The van der Waals surface area contributed by atoms with E-state index in [1.54, 1.807) is 0 Å². The third-order valence-electron chi connectivity index (χ3n) is 4.06. The van der Waals surface area contributed by atoms with Crippen LogP contribution in [0, 0.1) is 5.92 Å². The second-order valence-corrected chi connectivity index (χ2v) is 6.28. The van der Waals surface area contributed by atoms with Crippen molar-refractivity contribution >= 4 is 0 Å². The molecule has 0 saturated carbocycles. The Morgan fingerprint density at radius 1 is 1.30 bits per heavy atom. The van der Waals surface area contributed by atoms with E-state index < -0.39 is 0 Å². The Morgan fingerprint density at radius 2 is 2.10 bits per heavy atom. The minimum absolute atomic E-state index is 0.311. The molecule has 2 heteroatoms. The highest BCUT2D eigenvalue weighted by Crippen LogP contribution is 2.33. The van der Waals surface area contributed by atoms with Gasteiger partial charge in [-0.3, -0.25) is 0 Å². The summed E-state index contributed by atoms with van der Waals surface area (Å²) in [5.41, 5.74) is 2.89. The zero-order valence-corrected chi connectivity index (χ0v) is 13.2. The number of fused-ring (bicyclic) bond motifs is 1. The van der Waals surface area contributed by atoms with Gasteiger partial charge in [0.05, 0.1) is 12.1 Å². The lowest BCUT2D eigenvalue weighted by Crippen LogP contribution is -2.31. The van der Waals surface area contributed by atoms with E-state index in [2.05, 4.69) is 50.4 Å². The van der Waals surface area contributed by atoms with E-state index in [1.807, 2.05) is 0 Å². The highest BCUT2D eigenvalue weighted by atomic mass is 16.5. The molecule has 1 aromatic carbocycles. The Hall–Kier alpha value is -0.860. The van der Waals surface area contributed by atoms with Gasteiger partial charge in [-0.25, -0.2) is 0 Å². The number of benzene rings is 1. The first kappa shape index (κ1) is 15.5. The van der Waals surface area contributed by atoms with E-state index in [1.165, 1.54) is 30.4 Å². The summed E-state index contributed by atoms with van der Waals surface area (Å²) in [4.78, 5) is 0. The van der Waals surface area contributed by atoms with Crippen molar-refractivity contribution in [2.24, 2.45) is 5.92 Å². The summed E-state index contributed by atoms with van der Waals surface area (Å²) in [6.45, 7) is 8.71. The van der Waals surface area contributed by atoms with Crippen LogP contribution in [0.4, 0.5) is 0 Å². The molecule has 1 aromatic rings. The SMILES string of the molecule is CCCNC1c2ccccc2CC1OCCCC(C)C. The van der Waals surface area contributed by atoms with Crippen molar-refractivity contribution in [1.29, 1.82) is 0 Å². The van der Waals surface area contributed by atoms with Gasteiger partial charge in [-0.1, -0.05) is 45.0 Å². The smallest absolute Gasteiger partial charge is 0.0810 e. The second kappa shape index (κ2) is 7.80. The van der Waals surface area contributed by atoms with Crippen LogP contribution in [0.2, 0.25) is 0 Å². The second-order valence-electron chi connectivity index (χ2n) is 6.28. The van der Waals surface area contributed by atoms with Gasteiger partial charge in [-0.2, -0.15) is 0 Å². The monoisotopic (exact) mass is 275 g/mol. The van der Waals surface area contributed by atoms with Crippen LogP contribution in [-0.4, -0.2) is 19.3 Å². The molecule has 1 aliphatic rings. The third-order valence-corrected chi connectivity index (χ3v) is 4.06. The molecule has 1 N–H and O–H groups in total. The molecule has 1 aliphatic carbocycles. The van der Waals surface area contributed by atoms with Crippen molar-refractivity contribution in [3.8, 4) is 0 Å². The van der Waals surface area contributed by atoms with Crippen LogP contribution in [0.5, 0.6) is 0 Å². The molecule has 2 rings (SSSR count). The van der Waals surface area contributed by atoms with Crippen LogP contribution in [-0.2, 0) is 11.2 Å². The molecular formula is C18H29NO. The summed E-state index contributed by atoms with van der Waals surface area (Å²) in [6, 6.07) is 9.15. The fourth-order valence-corrected chi connectivity index (χ4v) is 2.98. The van der Waals surface area contributed by atoms with E-state index in [0.717, 1.165) is 25.5 Å². The maximum Gasteiger partial charge on any atom is 0.0810 e. The first-order valence-electron chi connectivity index (χ1n) is 8.15. The summed E-state index contributed by atoms with van der Waals surface area (Å²) in [5.74, 6) is 0.772. The van der Waals surface area contributed by atoms with E-state index in [4.69, 9.17) is 4.74 Å². The molecular weight excluding hydrogens is 246 g/mol. The topological polar surface area (TPSA) is 21.3 Å². The normalized spacial score (nSPS) is 21.4. The molecule has 0 radical (unpaired) electrons. The van der Waals surface area contributed by atoms with Crippen molar-refractivity contribution in [3.05, 3.63) is 35.4 Å². The standard InChI is InChI=1S/C18H29NO/c1-4-11-19-18-16-10-6-5-9-15(16)13-17(18)20-12-7-8-14(2)3/h5-6,9-10,14,17-19H,4,7-8,11-13H2,1-3H3. The number of hydrogen-bond acceptors (Lipinski definition) is 2. The van der Waals surface area contributed by atoms with Crippen molar-refractivity contribution in [2.45, 2.75) is 58.6 Å². The third kappa shape index (κ3) is 4.07. The Kier molecular flexibility index (Phi) is 6.06. The zero-order valence-electron chi connectivity index (χ0n) is 13.2. The van der Waals surface area contributed by atoms with E-state index in [9.17, 15) is 0 Å². The molecule has 0 aromatic heterocycles. The van der Waals surface area contributed by atoms with Gasteiger partial charge in [0.25, 0.3) is 0 Å². The minimum Gasteiger partial charge on any atom is -0.376 e. The molecule has 0 bridgehead atoms. The lowest BCUT2D eigenvalue weighted by molar-refractivity contribution is 0.0315. The lowest BCUT2D eigenvalue weighted by Gasteiger charge is -2.22. The van der Waals surface area contributed by atoms with E-state index >= 15 is 0 Å². The van der Waals surface area contributed by atoms with Gasteiger partial charge in [0.1, 0.15) is 0 Å². The predicted octanol–water partition coefficient (Wildman–Crippen LogP) is 4.10. The zero-order chi connectivity index (χ0) is 14.4. The van der Waals surface area contributed by atoms with Gasteiger partial charge in [0, 0.05) is 13.0 Å². The van der Waals surface area contributed by atoms with Crippen LogP contribution >= 0.6 is 0 Å². The van der Waals surface area contributed by atoms with Gasteiger partial charge in [-0.05, 0) is 42.9 Å². The molecule has 0 aliphatic heterocycles. The van der Waals surface area contributed by atoms with Crippen LogP contribution in [0.15, 0.2) is 24.3 Å². The average Bonchev–Trinajstić information content (AvgIpc) is 2.79. The quantitative estimate of drug-likeness (QED) is 0.721. The Labute approximate surface area is 123 Å². The summed E-state index contributed by atoms with van der Waals surface area (Å²) in [7, 11) is 0. The van der Waals surface area contributed by atoms with Gasteiger partial charge in [0.2, 0.25) is 0 Å². The average molecular weight is 275 g/mol. The van der Waals surface area contributed by atoms with Crippen molar-refractivity contribution in [3.63, 3.8) is 0 Å². The van der Waals surface area contributed by atoms with Crippen LogP contribution < -0.4 is 5.32 Å². The fraction of sp³-hybridized carbons (Fsp3) is 0.667. The Morgan fingerprint density at radius 3 is 2.85 bits per heavy atom. The molecule has 0 amide bonds.